The fraction of sp³-hybridized carbons (Fsp3) is 0.217. The van der Waals surface area contributed by atoms with Crippen molar-refractivity contribution in [2.24, 2.45) is 0 Å². The van der Waals surface area contributed by atoms with Gasteiger partial charge in [-0.1, -0.05) is 36.4 Å². The van der Waals surface area contributed by atoms with E-state index in [9.17, 15) is 21.6 Å². The van der Waals surface area contributed by atoms with Crippen molar-refractivity contribution in [1.82, 2.24) is 18.8 Å². The van der Waals surface area contributed by atoms with Gasteiger partial charge in [0.25, 0.3) is 15.6 Å². The average molecular weight is 499 g/mol. The molecule has 0 radical (unpaired) electrons. The number of sulfone groups is 1. The zero-order valence-electron chi connectivity index (χ0n) is 18.3. The number of aromatic amines is 1. The molecule has 2 aromatic heterocycles. The highest BCUT2D eigenvalue weighted by Gasteiger charge is 2.26. The van der Waals surface area contributed by atoms with Gasteiger partial charge >= 0.3 is 0 Å². The predicted octanol–water partition coefficient (Wildman–Crippen LogP) is 1.92. The van der Waals surface area contributed by atoms with E-state index in [0.29, 0.717) is 36.3 Å². The highest BCUT2D eigenvalue weighted by Crippen LogP contribution is 2.28. The summed E-state index contributed by atoms with van der Waals surface area (Å²) in [7, 11) is -7.40. The van der Waals surface area contributed by atoms with Crippen molar-refractivity contribution in [1.29, 1.82) is 0 Å². The second kappa shape index (κ2) is 8.19. The van der Waals surface area contributed by atoms with Gasteiger partial charge in [-0.15, -0.1) is 0 Å². The molecular formula is C23H22N4O5S2. The van der Waals surface area contributed by atoms with Crippen molar-refractivity contribution in [2.75, 3.05) is 12.8 Å². The van der Waals surface area contributed by atoms with Crippen molar-refractivity contribution in [3.8, 4) is 0 Å². The van der Waals surface area contributed by atoms with Crippen LogP contribution in [0.4, 0.5) is 0 Å². The summed E-state index contributed by atoms with van der Waals surface area (Å²) in [6.45, 7) is 1.26. The topological polar surface area (TPSA) is 122 Å². The maximum Gasteiger partial charge on any atom is 0.268 e. The first-order valence-corrected chi connectivity index (χ1v) is 13.9. The van der Waals surface area contributed by atoms with Crippen molar-refractivity contribution in [3.05, 3.63) is 88.0 Å². The summed E-state index contributed by atoms with van der Waals surface area (Å²) >= 11 is 0. The van der Waals surface area contributed by atoms with Crippen molar-refractivity contribution in [3.63, 3.8) is 0 Å². The Kier molecular flexibility index (Phi) is 5.42. The molecule has 5 rings (SSSR count). The fourth-order valence-electron chi connectivity index (χ4n) is 4.26. The summed E-state index contributed by atoms with van der Waals surface area (Å²) in [4.78, 5) is 21.3. The first-order chi connectivity index (χ1) is 16.1. The molecule has 0 unspecified atom stereocenters. The SMILES string of the molecule is CS(=O)(=O)c1nc2c(c(=O)[nH]1)CN(Cc1cn(S(=O)(=O)c3ccccc3)c3ccccc13)CC2. The van der Waals surface area contributed by atoms with Gasteiger partial charge in [0.05, 0.1) is 21.7 Å². The van der Waals surface area contributed by atoms with Gasteiger partial charge in [-0.05, 0) is 23.8 Å². The molecule has 3 heterocycles. The third kappa shape index (κ3) is 3.95. The number of nitrogens with one attached hydrogen (secondary N) is 1. The molecule has 1 N–H and O–H groups in total. The Morgan fingerprint density at radius 2 is 1.71 bits per heavy atom. The van der Waals surface area contributed by atoms with Crippen LogP contribution in [0.3, 0.4) is 0 Å². The lowest BCUT2D eigenvalue weighted by Gasteiger charge is -2.27. The highest BCUT2D eigenvalue weighted by atomic mass is 32.2. The summed E-state index contributed by atoms with van der Waals surface area (Å²) < 4.78 is 51.5. The van der Waals surface area contributed by atoms with E-state index in [1.54, 1.807) is 48.7 Å². The quantitative estimate of drug-likeness (QED) is 0.417. The number of H-pyrrole nitrogens is 1. The minimum Gasteiger partial charge on any atom is -0.297 e. The van der Waals surface area contributed by atoms with Crippen LogP contribution < -0.4 is 5.56 Å². The number of hydrogen-bond donors (Lipinski definition) is 1. The van der Waals surface area contributed by atoms with Gasteiger partial charge in [-0.25, -0.2) is 25.8 Å². The summed E-state index contributed by atoms with van der Waals surface area (Å²) in [5.74, 6) is 0. The van der Waals surface area contributed by atoms with E-state index in [2.05, 4.69) is 9.97 Å². The Morgan fingerprint density at radius 3 is 2.44 bits per heavy atom. The van der Waals surface area contributed by atoms with Crippen LogP contribution in [-0.4, -0.2) is 48.5 Å². The predicted molar refractivity (Wildman–Crippen MR) is 127 cm³/mol. The minimum absolute atomic E-state index is 0.202. The second-order valence-corrected chi connectivity index (χ2v) is 12.1. The largest absolute Gasteiger partial charge is 0.297 e. The maximum absolute atomic E-state index is 13.3. The molecule has 0 atom stereocenters. The molecule has 0 saturated carbocycles. The number of benzene rings is 2. The maximum atomic E-state index is 13.3. The van der Waals surface area contributed by atoms with E-state index in [1.165, 1.54) is 3.97 Å². The molecule has 2 aromatic carbocycles. The lowest BCUT2D eigenvalue weighted by atomic mass is 10.1. The van der Waals surface area contributed by atoms with E-state index in [0.717, 1.165) is 17.2 Å². The molecule has 0 aliphatic carbocycles. The number of rotatable bonds is 5. The van der Waals surface area contributed by atoms with Crippen LogP contribution in [-0.2, 0) is 39.4 Å². The fourth-order valence-corrected chi connectivity index (χ4v) is 6.22. The molecule has 0 amide bonds. The number of hydrogen-bond acceptors (Lipinski definition) is 7. The lowest BCUT2D eigenvalue weighted by Crippen LogP contribution is -2.36. The Bertz CT molecular complexity index is 1670. The third-order valence-electron chi connectivity index (χ3n) is 5.93. The zero-order valence-corrected chi connectivity index (χ0v) is 19.9. The van der Waals surface area contributed by atoms with Gasteiger partial charge < -0.3 is 0 Å². The number of para-hydroxylation sites is 1. The number of aromatic nitrogens is 3. The van der Waals surface area contributed by atoms with Crippen molar-refractivity contribution < 1.29 is 16.8 Å². The van der Waals surface area contributed by atoms with Gasteiger partial charge in [-0.2, -0.15) is 0 Å². The highest BCUT2D eigenvalue weighted by molar-refractivity contribution is 7.90. The van der Waals surface area contributed by atoms with Crippen LogP contribution in [0.25, 0.3) is 10.9 Å². The second-order valence-electron chi connectivity index (χ2n) is 8.31. The smallest absolute Gasteiger partial charge is 0.268 e. The van der Waals surface area contributed by atoms with Gasteiger partial charge in [-0.3, -0.25) is 14.7 Å². The Morgan fingerprint density at radius 1 is 1.00 bits per heavy atom. The molecule has 0 bridgehead atoms. The molecule has 9 nitrogen and oxygen atoms in total. The van der Waals surface area contributed by atoms with E-state index >= 15 is 0 Å². The Balaban J connectivity index is 1.50. The molecule has 176 valence electrons. The first-order valence-electron chi connectivity index (χ1n) is 10.6. The van der Waals surface area contributed by atoms with Crippen LogP contribution in [0.5, 0.6) is 0 Å². The van der Waals surface area contributed by atoms with E-state index in [4.69, 9.17) is 0 Å². The van der Waals surface area contributed by atoms with E-state index in [1.807, 2.05) is 17.0 Å². The first kappa shape index (κ1) is 22.5. The molecule has 1 aliphatic rings. The summed E-state index contributed by atoms with van der Waals surface area (Å²) in [6, 6.07) is 15.6. The monoisotopic (exact) mass is 498 g/mol. The van der Waals surface area contributed by atoms with Gasteiger partial charge in [0.1, 0.15) is 0 Å². The zero-order chi connectivity index (χ0) is 24.1. The Hall–Kier alpha value is -3.28. The summed E-state index contributed by atoms with van der Waals surface area (Å²) in [5.41, 5.74) is 1.84. The number of fused-ring (bicyclic) bond motifs is 2. The summed E-state index contributed by atoms with van der Waals surface area (Å²) in [5, 5.41) is 0.492. The third-order valence-corrected chi connectivity index (χ3v) is 8.52. The Labute approximate surface area is 196 Å². The van der Waals surface area contributed by atoms with Gasteiger partial charge in [0.15, 0.2) is 0 Å². The van der Waals surface area contributed by atoms with Crippen molar-refractivity contribution in [2.45, 2.75) is 29.6 Å². The van der Waals surface area contributed by atoms with Gasteiger partial charge in [0.2, 0.25) is 15.0 Å². The molecular weight excluding hydrogens is 476 g/mol. The van der Waals surface area contributed by atoms with Crippen LogP contribution in [0.1, 0.15) is 16.8 Å². The molecule has 0 spiro atoms. The minimum atomic E-state index is -3.78. The lowest BCUT2D eigenvalue weighted by molar-refractivity contribution is 0.241. The number of nitrogens with zero attached hydrogens (tertiary/aromatic N) is 3. The molecule has 0 saturated heterocycles. The summed E-state index contributed by atoms with van der Waals surface area (Å²) in [6.07, 6.45) is 3.06. The molecule has 34 heavy (non-hydrogen) atoms. The van der Waals surface area contributed by atoms with Crippen LogP contribution >= 0.6 is 0 Å². The van der Waals surface area contributed by atoms with E-state index in [-0.39, 0.29) is 16.6 Å². The standard InChI is InChI=1S/C23H22N4O5S2/c1-33(29,30)23-24-20-11-12-26(15-19(20)22(28)25-23)13-16-14-27(21-10-6-5-9-18(16)21)34(31,32)17-7-3-2-4-8-17/h2-10,14H,11-13,15H2,1H3,(H,24,25,28). The normalized spacial score (nSPS) is 14.9. The molecule has 4 aromatic rings. The van der Waals surface area contributed by atoms with Crippen molar-refractivity contribution >= 4 is 30.8 Å². The molecule has 1 aliphatic heterocycles. The van der Waals surface area contributed by atoms with Crippen LogP contribution in [0.2, 0.25) is 0 Å². The van der Waals surface area contributed by atoms with Crippen LogP contribution in [0.15, 0.2) is 75.6 Å². The molecule has 11 heteroatoms. The molecule has 0 fully saturated rings. The van der Waals surface area contributed by atoms with Gasteiger partial charge in [0, 0.05) is 43.9 Å². The average Bonchev–Trinajstić information content (AvgIpc) is 3.18. The van der Waals surface area contributed by atoms with Crippen LogP contribution in [0, 0.1) is 0 Å². The van der Waals surface area contributed by atoms with E-state index < -0.39 is 25.4 Å².